The lowest BCUT2D eigenvalue weighted by molar-refractivity contribution is -0.116. The highest BCUT2D eigenvalue weighted by atomic mass is 35.5. The van der Waals surface area contributed by atoms with Crippen molar-refractivity contribution in [2.24, 2.45) is 7.05 Å². The predicted molar refractivity (Wildman–Crippen MR) is 113 cm³/mol. The Morgan fingerprint density at radius 3 is 2.37 bits per heavy atom. The normalized spacial score (nSPS) is 10.5. The number of hydrogen-bond donors (Lipinski definition) is 1. The average Bonchev–Trinajstić information content (AvgIpc) is 2.71. The van der Waals surface area contributed by atoms with E-state index in [2.05, 4.69) is 5.32 Å². The van der Waals surface area contributed by atoms with Gasteiger partial charge in [0, 0.05) is 18.9 Å². The van der Waals surface area contributed by atoms with Gasteiger partial charge in [-0.2, -0.15) is 0 Å². The molecular formula is C21H18ClN3O5. The number of halogens is 1. The van der Waals surface area contributed by atoms with Crippen LogP contribution in [-0.2, 0) is 18.4 Å². The summed E-state index contributed by atoms with van der Waals surface area (Å²) in [5.74, 6) is 0.0525. The molecule has 9 heteroatoms. The second-order valence-corrected chi connectivity index (χ2v) is 6.89. The van der Waals surface area contributed by atoms with Crippen LogP contribution in [0.25, 0.3) is 0 Å². The molecule has 1 heterocycles. The molecule has 0 saturated heterocycles. The van der Waals surface area contributed by atoms with Gasteiger partial charge in [0.15, 0.2) is 5.78 Å². The Labute approximate surface area is 176 Å². The number of hydrogen-bond acceptors (Lipinski definition) is 5. The van der Waals surface area contributed by atoms with E-state index in [1.807, 2.05) is 0 Å². The third-order valence-electron chi connectivity index (χ3n) is 4.25. The van der Waals surface area contributed by atoms with Gasteiger partial charge in [0.1, 0.15) is 18.0 Å². The highest BCUT2D eigenvalue weighted by Crippen LogP contribution is 2.29. The highest BCUT2D eigenvalue weighted by molar-refractivity contribution is 6.32. The summed E-state index contributed by atoms with van der Waals surface area (Å²) < 4.78 is 7.50. The first-order valence-corrected chi connectivity index (χ1v) is 9.28. The Hall–Kier alpha value is -3.65. The van der Waals surface area contributed by atoms with Crippen LogP contribution in [0.2, 0.25) is 5.02 Å². The Kier molecular flexibility index (Phi) is 6.17. The fourth-order valence-electron chi connectivity index (χ4n) is 2.70. The number of carbonyl (C=O) groups excluding carboxylic acids is 2. The molecule has 1 aromatic heterocycles. The molecule has 0 bridgehead atoms. The molecule has 0 saturated carbocycles. The predicted octanol–water partition coefficient (Wildman–Crippen LogP) is 2.83. The molecule has 3 rings (SSSR count). The van der Waals surface area contributed by atoms with Crippen molar-refractivity contribution >= 4 is 29.0 Å². The highest BCUT2D eigenvalue weighted by Gasteiger charge is 2.14. The zero-order chi connectivity index (χ0) is 21.8. The average molecular weight is 428 g/mol. The molecule has 1 N–H and O–H groups in total. The first kappa shape index (κ1) is 21.1. The van der Waals surface area contributed by atoms with Gasteiger partial charge in [0.05, 0.1) is 10.6 Å². The van der Waals surface area contributed by atoms with Crippen LogP contribution < -0.4 is 21.3 Å². The molecule has 0 aliphatic carbocycles. The maximum Gasteiger partial charge on any atom is 0.331 e. The minimum absolute atomic E-state index is 0.161. The lowest BCUT2D eigenvalue weighted by Gasteiger charge is -2.11. The van der Waals surface area contributed by atoms with Crippen LogP contribution in [0.1, 0.15) is 17.3 Å². The van der Waals surface area contributed by atoms with Gasteiger partial charge in [0.2, 0.25) is 5.91 Å². The van der Waals surface area contributed by atoms with Crippen molar-refractivity contribution in [2.45, 2.75) is 13.5 Å². The zero-order valence-corrected chi connectivity index (χ0v) is 17.0. The lowest BCUT2D eigenvalue weighted by atomic mass is 10.2. The molecule has 0 fully saturated rings. The van der Waals surface area contributed by atoms with E-state index in [0.717, 1.165) is 15.3 Å². The maximum atomic E-state index is 12.3. The Bertz CT molecular complexity index is 1230. The Morgan fingerprint density at radius 2 is 1.73 bits per heavy atom. The summed E-state index contributed by atoms with van der Waals surface area (Å²) in [5, 5.41) is 3.12. The number of anilines is 1. The number of rotatable bonds is 6. The number of ether oxygens (including phenoxy) is 1. The van der Waals surface area contributed by atoms with Crippen molar-refractivity contribution in [3.05, 3.63) is 86.2 Å². The van der Waals surface area contributed by atoms with Crippen LogP contribution in [0, 0.1) is 0 Å². The zero-order valence-electron chi connectivity index (χ0n) is 16.2. The molecule has 2 aromatic carbocycles. The third-order valence-corrected chi connectivity index (χ3v) is 4.56. The number of nitrogens with one attached hydrogen (secondary N) is 1. The second-order valence-electron chi connectivity index (χ2n) is 6.48. The maximum absolute atomic E-state index is 12.3. The molecule has 0 aliphatic rings. The topological polar surface area (TPSA) is 99.4 Å². The number of nitrogens with zero attached hydrogens (tertiary/aromatic N) is 2. The second kappa shape index (κ2) is 8.79. The number of carbonyl (C=O) groups is 2. The van der Waals surface area contributed by atoms with Crippen LogP contribution in [0.5, 0.6) is 11.5 Å². The minimum Gasteiger partial charge on any atom is -0.456 e. The Morgan fingerprint density at radius 1 is 1.07 bits per heavy atom. The van der Waals surface area contributed by atoms with E-state index in [4.69, 9.17) is 16.3 Å². The first-order valence-electron chi connectivity index (χ1n) is 8.90. The first-order chi connectivity index (χ1) is 14.3. The van der Waals surface area contributed by atoms with E-state index < -0.39 is 22.9 Å². The fraction of sp³-hybridized carbons (Fsp3) is 0.143. The van der Waals surface area contributed by atoms with Crippen molar-refractivity contribution in [2.75, 3.05) is 5.32 Å². The number of amides is 1. The number of Topliss-reactive ketones (excluding diaryl/α,β-unsaturated/α-hetero) is 1. The standard InChI is InChI=1S/C21H18ClN3O5/c1-13(26)16-11-25(21(29)24(2)20(16)28)12-19(27)23-14-7-9-15(10-8-14)30-18-6-4-3-5-17(18)22/h3-11H,12H2,1-2H3,(H,23,27). The van der Waals surface area contributed by atoms with Gasteiger partial charge in [-0.1, -0.05) is 23.7 Å². The summed E-state index contributed by atoms with van der Waals surface area (Å²) >= 11 is 6.06. The fourth-order valence-corrected chi connectivity index (χ4v) is 2.87. The summed E-state index contributed by atoms with van der Waals surface area (Å²) in [6, 6.07) is 13.6. The van der Waals surface area contributed by atoms with E-state index in [-0.39, 0.29) is 12.1 Å². The quantitative estimate of drug-likeness (QED) is 0.610. The molecule has 0 aliphatic heterocycles. The van der Waals surface area contributed by atoms with E-state index in [9.17, 15) is 19.2 Å². The summed E-state index contributed by atoms with van der Waals surface area (Å²) in [6.45, 7) is 0.864. The molecular weight excluding hydrogens is 410 g/mol. The largest absolute Gasteiger partial charge is 0.456 e. The number of para-hydroxylation sites is 1. The van der Waals surface area contributed by atoms with Crippen molar-refractivity contribution in [3.63, 3.8) is 0 Å². The number of aromatic nitrogens is 2. The lowest BCUT2D eigenvalue weighted by Crippen LogP contribution is -2.41. The molecule has 30 heavy (non-hydrogen) atoms. The van der Waals surface area contributed by atoms with Gasteiger partial charge in [-0.3, -0.25) is 23.5 Å². The van der Waals surface area contributed by atoms with Crippen molar-refractivity contribution < 1.29 is 14.3 Å². The molecule has 0 spiro atoms. The summed E-state index contributed by atoms with van der Waals surface area (Å²) in [4.78, 5) is 48.1. The van der Waals surface area contributed by atoms with Crippen LogP contribution in [-0.4, -0.2) is 20.8 Å². The van der Waals surface area contributed by atoms with Gasteiger partial charge < -0.3 is 10.1 Å². The van der Waals surface area contributed by atoms with E-state index in [0.29, 0.717) is 22.2 Å². The summed E-state index contributed by atoms with van der Waals surface area (Å²) in [6.07, 6.45) is 1.10. The molecule has 1 amide bonds. The van der Waals surface area contributed by atoms with Crippen molar-refractivity contribution in [3.8, 4) is 11.5 Å². The van der Waals surface area contributed by atoms with E-state index in [1.54, 1.807) is 48.5 Å². The minimum atomic E-state index is -0.696. The monoisotopic (exact) mass is 427 g/mol. The van der Waals surface area contributed by atoms with Gasteiger partial charge >= 0.3 is 5.69 Å². The molecule has 0 radical (unpaired) electrons. The van der Waals surface area contributed by atoms with E-state index in [1.165, 1.54) is 14.0 Å². The number of benzene rings is 2. The summed E-state index contributed by atoms with van der Waals surface area (Å²) in [5.41, 5.74) is -1.07. The number of ketones is 1. The van der Waals surface area contributed by atoms with Gasteiger partial charge in [0.25, 0.3) is 5.56 Å². The third kappa shape index (κ3) is 4.66. The molecule has 3 aromatic rings. The van der Waals surface area contributed by atoms with Gasteiger partial charge in [-0.05, 0) is 43.3 Å². The Balaban J connectivity index is 1.71. The van der Waals surface area contributed by atoms with Crippen LogP contribution in [0.4, 0.5) is 5.69 Å². The molecule has 154 valence electrons. The van der Waals surface area contributed by atoms with Crippen LogP contribution in [0.3, 0.4) is 0 Å². The molecule has 0 unspecified atom stereocenters. The molecule has 0 atom stereocenters. The van der Waals surface area contributed by atoms with Crippen LogP contribution in [0.15, 0.2) is 64.3 Å². The van der Waals surface area contributed by atoms with Crippen LogP contribution >= 0.6 is 11.6 Å². The summed E-state index contributed by atoms with van der Waals surface area (Å²) in [7, 11) is 1.25. The van der Waals surface area contributed by atoms with Gasteiger partial charge in [-0.15, -0.1) is 0 Å². The van der Waals surface area contributed by atoms with Gasteiger partial charge in [-0.25, -0.2) is 4.79 Å². The molecule has 8 nitrogen and oxygen atoms in total. The smallest absolute Gasteiger partial charge is 0.331 e. The van der Waals surface area contributed by atoms with Crippen molar-refractivity contribution in [1.82, 2.24) is 9.13 Å². The van der Waals surface area contributed by atoms with E-state index >= 15 is 0 Å². The van der Waals surface area contributed by atoms with Crippen molar-refractivity contribution in [1.29, 1.82) is 0 Å². The SMILES string of the molecule is CC(=O)c1cn(CC(=O)Nc2ccc(Oc3ccccc3Cl)cc2)c(=O)n(C)c1=O.